The number of hydrogen-bond donors (Lipinski definition) is 0. The van der Waals surface area contributed by atoms with Crippen LogP contribution in [-0.2, 0) is 4.74 Å². The molecule has 0 saturated carbocycles. The highest BCUT2D eigenvalue weighted by Crippen LogP contribution is 2.45. The minimum absolute atomic E-state index is 0.193. The van der Waals surface area contributed by atoms with E-state index in [4.69, 9.17) is 4.74 Å². The molecule has 1 fully saturated rings. The predicted molar refractivity (Wildman–Crippen MR) is 96.3 cm³/mol. The first-order chi connectivity index (χ1) is 11.9. The number of piperidine rings is 1. The standard InChI is InChI=1S/C20H25N3O2/c1-20(2,3)25-19(24)22-10-8-14(9-11-22)18-16-7-5-4-6-15(16)17-12-21-13-23(17)18/h4-7,12-14,18H,8-11H2,1-3H3. The highest BCUT2D eigenvalue weighted by molar-refractivity contribution is 5.69. The van der Waals surface area contributed by atoms with Crippen LogP contribution in [0.3, 0.4) is 0 Å². The van der Waals surface area contributed by atoms with Gasteiger partial charge in [-0.25, -0.2) is 9.78 Å². The van der Waals surface area contributed by atoms with Crippen molar-refractivity contribution >= 4 is 6.09 Å². The van der Waals surface area contributed by atoms with Gasteiger partial charge in [0.2, 0.25) is 0 Å². The van der Waals surface area contributed by atoms with Crippen LogP contribution in [0.15, 0.2) is 36.8 Å². The maximum absolute atomic E-state index is 12.3. The fourth-order valence-electron chi connectivity index (χ4n) is 4.08. The number of carbonyl (C=O) groups excluding carboxylic acids is 1. The van der Waals surface area contributed by atoms with Crippen molar-refractivity contribution in [1.29, 1.82) is 0 Å². The van der Waals surface area contributed by atoms with Crippen molar-refractivity contribution in [3.63, 3.8) is 0 Å². The summed E-state index contributed by atoms with van der Waals surface area (Å²) >= 11 is 0. The average molecular weight is 339 g/mol. The predicted octanol–water partition coefficient (Wildman–Crippen LogP) is 4.10. The zero-order chi connectivity index (χ0) is 17.6. The lowest BCUT2D eigenvalue weighted by atomic mass is 9.85. The lowest BCUT2D eigenvalue weighted by Crippen LogP contribution is -2.42. The van der Waals surface area contributed by atoms with Gasteiger partial charge in [-0.05, 0) is 45.1 Å². The van der Waals surface area contributed by atoms with Gasteiger partial charge in [-0.15, -0.1) is 0 Å². The quantitative estimate of drug-likeness (QED) is 0.786. The van der Waals surface area contributed by atoms with Gasteiger partial charge in [-0.3, -0.25) is 0 Å². The van der Waals surface area contributed by atoms with Crippen molar-refractivity contribution < 1.29 is 9.53 Å². The molecule has 1 aromatic heterocycles. The minimum Gasteiger partial charge on any atom is -0.444 e. The lowest BCUT2D eigenvalue weighted by Gasteiger charge is -2.36. The fourth-order valence-corrected chi connectivity index (χ4v) is 4.08. The summed E-state index contributed by atoms with van der Waals surface area (Å²) in [5.41, 5.74) is 3.44. The highest BCUT2D eigenvalue weighted by atomic mass is 16.6. The van der Waals surface area contributed by atoms with Gasteiger partial charge in [-0.2, -0.15) is 0 Å². The molecular formula is C20H25N3O2. The average Bonchev–Trinajstić information content (AvgIpc) is 3.14. The van der Waals surface area contributed by atoms with Crippen LogP contribution in [-0.4, -0.2) is 39.2 Å². The third kappa shape index (κ3) is 2.92. The Balaban J connectivity index is 1.50. The molecule has 5 heteroatoms. The number of likely N-dealkylation sites (tertiary alicyclic amines) is 1. The second-order valence-electron chi connectivity index (χ2n) is 8.02. The third-order valence-electron chi connectivity index (χ3n) is 5.16. The molecule has 1 atom stereocenters. The number of imidazole rings is 1. The molecule has 2 aliphatic heterocycles. The van der Waals surface area contributed by atoms with Gasteiger partial charge in [0.15, 0.2) is 0 Å². The zero-order valence-corrected chi connectivity index (χ0v) is 15.1. The summed E-state index contributed by atoms with van der Waals surface area (Å²) in [5, 5.41) is 0. The molecule has 2 aliphatic rings. The Kier molecular flexibility index (Phi) is 3.82. The van der Waals surface area contributed by atoms with Crippen molar-refractivity contribution in [2.24, 2.45) is 5.92 Å². The van der Waals surface area contributed by atoms with Crippen molar-refractivity contribution in [3.05, 3.63) is 42.4 Å². The van der Waals surface area contributed by atoms with Crippen molar-refractivity contribution in [3.8, 4) is 11.3 Å². The SMILES string of the molecule is CC(C)(C)OC(=O)N1CCC(C2c3ccccc3-c3cncn32)CC1. The topological polar surface area (TPSA) is 47.4 Å². The van der Waals surface area contributed by atoms with Crippen molar-refractivity contribution in [1.82, 2.24) is 14.5 Å². The first kappa shape index (κ1) is 16.2. The van der Waals surface area contributed by atoms with Crippen LogP contribution in [0, 0.1) is 5.92 Å². The Hall–Kier alpha value is -2.30. The summed E-state index contributed by atoms with van der Waals surface area (Å²) in [4.78, 5) is 18.5. The molecule has 0 N–H and O–H groups in total. The molecular weight excluding hydrogens is 314 g/mol. The van der Waals surface area contributed by atoms with E-state index in [-0.39, 0.29) is 6.09 Å². The normalized spacial score (nSPS) is 20.3. The smallest absolute Gasteiger partial charge is 0.410 e. The number of hydrogen-bond acceptors (Lipinski definition) is 3. The summed E-state index contributed by atoms with van der Waals surface area (Å²) < 4.78 is 7.81. The number of rotatable bonds is 1. The van der Waals surface area contributed by atoms with Crippen molar-refractivity contribution in [2.75, 3.05) is 13.1 Å². The van der Waals surface area contributed by atoms with Crippen LogP contribution in [0.2, 0.25) is 0 Å². The molecule has 1 saturated heterocycles. The first-order valence-electron chi connectivity index (χ1n) is 9.03. The van der Waals surface area contributed by atoms with Gasteiger partial charge in [0.1, 0.15) is 5.60 Å². The van der Waals surface area contributed by atoms with Crippen LogP contribution < -0.4 is 0 Å². The Bertz CT molecular complexity index is 782. The molecule has 2 aromatic rings. The van der Waals surface area contributed by atoms with E-state index in [1.165, 1.54) is 16.8 Å². The Morgan fingerprint density at radius 2 is 1.92 bits per heavy atom. The van der Waals surface area contributed by atoms with Gasteiger partial charge in [0.25, 0.3) is 0 Å². The molecule has 0 spiro atoms. The van der Waals surface area contributed by atoms with Crippen LogP contribution >= 0.6 is 0 Å². The van der Waals surface area contributed by atoms with Gasteiger partial charge >= 0.3 is 6.09 Å². The summed E-state index contributed by atoms with van der Waals surface area (Å²) in [7, 11) is 0. The summed E-state index contributed by atoms with van der Waals surface area (Å²) in [5.74, 6) is 0.510. The van der Waals surface area contributed by atoms with Gasteiger partial charge in [-0.1, -0.05) is 24.3 Å². The second-order valence-corrected chi connectivity index (χ2v) is 8.02. The lowest BCUT2D eigenvalue weighted by molar-refractivity contribution is 0.0170. The summed E-state index contributed by atoms with van der Waals surface area (Å²) in [6.07, 6.45) is 5.67. The van der Waals surface area contributed by atoms with E-state index in [0.29, 0.717) is 12.0 Å². The van der Waals surface area contributed by atoms with E-state index < -0.39 is 5.60 Å². The monoisotopic (exact) mass is 339 g/mol. The number of ether oxygens (including phenoxy) is 1. The highest BCUT2D eigenvalue weighted by Gasteiger charge is 2.37. The summed E-state index contributed by atoms with van der Waals surface area (Å²) in [6, 6.07) is 8.94. The molecule has 132 valence electrons. The first-order valence-corrected chi connectivity index (χ1v) is 9.03. The van der Waals surface area contributed by atoms with Crippen LogP contribution in [0.4, 0.5) is 4.79 Å². The Labute approximate surface area is 148 Å². The number of carbonyl (C=O) groups is 1. The summed E-state index contributed by atoms with van der Waals surface area (Å²) in [6.45, 7) is 7.24. The molecule has 1 unspecified atom stereocenters. The number of nitrogens with zero attached hydrogens (tertiary/aromatic N) is 3. The number of amides is 1. The Morgan fingerprint density at radius 1 is 1.20 bits per heavy atom. The maximum atomic E-state index is 12.3. The van der Waals surface area contributed by atoms with Gasteiger partial charge in [0.05, 0.1) is 24.3 Å². The van der Waals surface area contributed by atoms with E-state index in [1.54, 1.807) is 0 Å². The molecule has 0 aliphatic carbocycles. The fraction of sp³-hybridized carbons (Fsp3) is 0.500. The van der Waals surface area contributed by atoms with Crippen molar-refractivity contribution in [2.45, 2.75) is 45.3 Å². The largest absolute Gasteiger partial charge is 0.444 e. The third-order valence-corrected chi connectivity index (χ3v) is 5.16. The maximum Gasteiger partial charge on any atom is 0.410 e. The molecule has 0 bridgehead atoms. The number of benzene rings is 1. The Morgan fingerprint density at radius 3 is 2.64 bits per heavy atom. The van der Waals surface area contributed by atoms with E-state index in [0.717, 1.165) is 25.9 Å². The van der Waals surface area contributed by atoms with E-state index >= 15 is 0 Å². The molecule has 5 nitrogen and oxygen atoms in total. The zero-order valence-electron chi connectivity index (χ0n) is 15.1. The molecule has 3 heterocycles. The number of fused-ring (bicyclic) bond motifs is 3. The van der Waals surface area contributed by atoms with Gasteiger partial charge < -0.3 is 14.2 Å². The molecule has 0 radical (unpaired) electrons. The van der Waals surface area contributed by atoms with E-state index in [9.17, 15) is 4.79 Å². The van der Waals surface area contributed by atoms with Gasteiger partial charge in [0, 0.05) is 18.7 Å². The van der Waals surface area contributed by atoms with E-state index in [1.807, 2.05) is 38.2 Å². The molecule has 25 heavy (non-hydrogen) atoms. The van der Waals surface area contributed by atoms with Crippen LogP contribution in [0.25, 0.3) is 11.3 Å². The van der Waals surface area contributed by atoms with Crippen LogP contribution in [0.1, 0.15) is 45.2 Å². The molecule has 4 rings (SSSR count). The number of aromatic nitrogens is 2. The molecule has 1 aromatic carbocycles. The van der Waals surface area contributed by atoms with E-state index in [2.05, 4.69) is 33.8 Å². The second kappa shape index (κ2) is 5.90. The molecule has 1 amide bonds. The minimum atomic E-state index is -0.440. The van der Waals surface area contributed by atoms with Crippen LogP contribution in [0.5, 0.6) is 0 Å².